The first kappa shape index (κ1) is 17.3. The first-order valence-electron chi connectivity index (χ1n) is 8.12. The molecule has 0 saturated carbocycles. The van der Waals surface area contributed by atoms with Crippen molar-refractivity contribution < 1.29 is 14.3 Å². The molecular weight excluding hydrogens is 332 g/mol. The van der Waals surface area contributed by atoms with E-state index in [1.807, 2.05) is 25.1 Å². The van der Waals surface area contributed by atoms with Gasteiger partial charge in [-0.25, -0.2) is 14.5 Å². The molecule has 26 heavy (non-hydrogen) atoms. The van der Waals surface area contributed by atoms with Crippen LogP contribution in [0, 0.1) is 0 Å². The van der Waals surface area contributed by atoms with Crippen molar-refractivity contribution in [2.75, 3.05) is 12.4 Å². The Hall–Kier alpha value is -3.48. The van der Waals surface area contributed by atoms with Crippen LogP contribution in [0.4, 0.5) is 5.69 Å². The average molecular weight is 350 g/mol. The summed E-state index contributed by atoms with van der Waals surface area (Å²) in [6.07, 6.45) is 3.84. The zero-order chi connectivity index (χ0) is 18.5. The Bertz CT molecular complexity index is 918. The lowest BCUT2D eigenvalue weighted by molar-refractivity contribution is 0.0600. The number of carbonyl (C=O) groups is 2. The number of nitrogens with one attached hydrogen (secondary N) is 1. The van der Waals surface area contributed by atoms with E-state index in [2.05, 4.69) is 20.1 Å². The van der Waals surface area contributed by atoms with E-state index in [1.54, 1.807) is 35.1 Å². The highest BCUT2D eigenvalue weighted by Gasteiger charge is 2.18. The molecule has 3 rings (SSSR count). The van der Waals surface area contributed by atoms with Gasteiger partial charge in [-0.2, -0.15) is 5.10 Å². The highest BCUT2D eigenvalue weighted by atomic mass is 16.5. The number of amides is 1. The lowest BCUT2D eigenvalue weighted by Gasteiger charge is -2.08. The second kappa shape index (κ2) is 7.60. The number of nitrogens with zero attached hydrogens (tertiary/aromatic N) is 3. The Kier molecular flexibility index (Phi) is 5.07. The minimum absolute atomic E-state index is 0.269. The van der Waals surface area contributed by atoms with Gasteiger partial charge in [-0.15, -0.1) is 0 Å². The molecule has 0 atom stereocenters. The molecule has 0 aliphatic heterocycles. The molecule has 7 heteroatoms. The molecule has 132 valence electrons. The minimum Gasteiger partial charge on any atom is -0.465 e. The first-order valence-corrected chi connectivity index (χ1v) is 8.12. The van der Waals surface area contributed by atoms with Crippen molar-refractivity contribution >= 4 is 17.6 Å². The average Bonchev–Trinajstić information content (AvgIpc) is 3.13. The summed E-state index contributed by atoms with van der Waals surface area (Å²) >= 11 is 0. The first-order chi connectivity index (χ1) is 12.6. The number of rotatable bonds is 5. The number of methoxy groups -OCH3 is 1. The van der Waals surface area contributed by atoms with Crippen LogP contribution in [0.15, 0.2) is 54.9 Å². The van der Waals surface area contributed by atoms with Gasteiger partial charge < -0.3 is 10.1 Å². The van der Waals surface area contributed by atoms with E-state index in [4.69, 9.17) is 0 Å². The monoisotopic (exact) mass is 350 g/mol. The number of hydrogen-bond donors (Lipinski definition) is 1. The van der Waals surface area contributed by atoms with E-state index in [1.165, 1.54) is 13.3 Å². The quantitative estimate of drug-likeness (QED) is 0.715. The lowest BCUT2D eigenvalue weighted by atomic mass is 10.1. The lowest BCUT2D eigenvalue weighted by Crippen LogP contribution is -2.14. The number of esters is 1. The van der Waals surface area contributed by atoms with Crippen molar-refractivity contribution in [1.82, 2.24) is 14.8 Å². The van der Waals surface area contributed by atoms with Crippen molar-refractivity contribution in [3.63, 3.8) is 0 Å². The van der Waals surface area contributed by atoms with Crippen molar-refractivity contribution in [3.05, 3.63) is 71.7 Å². The number of pyridine rings is 1. The largest absolute Gasteiger partial charge is 0.465 e. The van der Waals surface area contributed by atoms with Gasteiger partial charge in [0.05, 0.1) is 30.1 Å². The Morgan fingerprint density at radius 3 is 2.54 bits per heavy atom. The summed E-state index contributed by atoms with van der Waals surface area (Å²) in [6, 6.07) is 12.0. The Labute approximate surface area is 150 Å². The third kappa shape index (κ3) is 3.46. The molecule has 1 N–H and O–H groups in total. The number of aromatic nitrogens is 3. The zero-order valence-electron chi connectivity index (χ0n) is 14.5. The van der Waals surface area contributed by atoms with Gasteiger partial charge in [0.15, 0.2) is 5.82 Å². The van der Waals surface area contributed by atoms with Crippen LogP contribution in [0.5, 0.6) is 0 Å². The van der Waals surface area contributed by atoms with Crippen LogP contribution in [0.3, 0.4) is 0 Å². The molecule has 3 aromatic rings. The van der Waals surface area contributed by atoms with Crippen LogP contribution in [0.25, 0.3) is 5.82 Å². The maximum absolute atomic E-state index is 12.6. The standard InChI is InChI=1S/C19H18N4O3/c1-3-16-15(12-21-23(16)17-6-4-5-11-20-17)18(24)22-14-9-7-13(8-10-14)19(25)26-2/h4-12H,3H2,1-2H3,(H,22,24). The summed E-state index contributed by atoms with van der Waals surface area (Å²) in [6.45, 7) is 1.96. The van der Waals surface area contributed by atoms with Crippen LogP contribution in [0.2, 0.25) is 0 Å². The SMILES string of the molecule is CCc1c(C(=O)Nc2ccc(C(=O)OC)cc2)cnn1-c1ccccn1. The van der Waals surface area contributed by atoms with Crippen LogP contribution < -0.4 is 5.32 Å². The second-order valence-corrected chi connectivity index (χ2v) is 5.48. The van der Waals surface area contributed by atoms with Crippen LogP contribution in [-0.4, -0.2) is 33.8 Å². The van der Waals surface area contributed by atoms with Crippen LogP contribution in [-0.2, 0) is 11.2 Å². The van der Waals surface area contributed by atoms with Crippen molar-refractivity contribution in [2.45, 2.75) is 13.3 Å². The molecule has 2 aromatic heterocycles. The number of hydrogen-bond acceptors (Lipinski definition) is 5. The van der Waals surface area contributed by atoms with E-state index < -0.39 is 5.97 Å². The number of ether oxygens (including phenoxy) is 1. The molecule has 2 heterocycles. The predicted octanol–water partition coefficient (Wildman–Crippen LogP) is 2.87. The van der Waals surface area contributed by atoms with E-state index in [-0.39, 0.29) is 5.91 Å². The van der Waals surface area contributed by atoms with Crippen molar-refractivity contribution in [3.8, 4) is 5.82 Å². The summed E-state index contributed by atoms with van der Waals surface area (Å²) in [7, 11) is 1.32. The molecule has 7 nitrogen and oxygen atoms in total. The summed E-state index contributed by atoms with van der Waals surface area (Å²) in [5.74, 6) is -0.0338. The molecule has 0 fully saturated rings. The van der Waals surface area contributed by atoms with Crippen LogP contribution in [0.1, 0.15) is 33.3 Å². The molecule has 0 radical (unpaired) electrons. The second-order valence-electron chi connectivity index (χ2n) is 5.48. The van der Waals surface area contributed by atoms with E-state index in [0.29, 0.717) is 29.1 Å². The molecule has 1 amide bonds. The Morgan fingerprint density at radius 1 is 1.15 bits per heavy atom. The van der Waals surface area contributed by atoms with E-state index >= 15 is 0 Å². The van der Waals surface area contributed by atoms with Gasteiger partial charge in [0.25, 0.3) is 5.91 Å². The van der Waals surface area contributed by atoms with Gasteiger partial charge >= 0.3 is 5.97 Å². The molecule has 1 aromatic carbocycles. The molecule has 0 spiro atoms. The third-order valence-corrected chi connectivity index (χ3v) is 3.88. The van der Waals surface area contributed by atoms with Gasteiger partial charge in [0.2, 0.25) is 0 Å². The van der Waals surface area contributed by atoms with Crippen molar-refractivity contribution in [1.29, 1.82) is 0 Å². The topological polar surface area (TPSA) is 86.1 Å². The Morgan fingerprint density at radius 2 is 1.92 bits per heavy atom. The minimum atomic E-state index is -0.423. The van der Waals surface area contributed by atoms with Gasteiger partial charge in [0, 0.05) is 11.9 Å². The zero-order valence-corrected chi connectivity index (χ0v) is 14.5. The van der Waals surface area contributed by atoms with E-state index in [9.17, 15) is 9.59 Å². The third-order valence-electron chi connectivity index (χ3n) is 3.88. The molecule has 0 aliphatic carbocycles. The summed E-state index contributed by atoms with van der Waals surface area (Å²) < 4.78 is 6.32. The summed E-state index contributed by atoms with van der Waals surface area (Å²) in [5, 5.41) is 7.12. The molecule has 0 aliphatic rings. The number of benzene rings is 1. The smallest absolute Gasteiger partial charge is 0.337 e. The maximum Gasteiger partial charge on any atom is 0.337 e. The molecule has 0 saturated heterocycles. The highest BCUT2D eigenvalue weighted by molar-refractivity contribution is 6.05. The maximum atomic E-state index is 12.6. The number of carbonyl (C=O) groups excluding carboxylic acids is 2. The molecular formula is C19H18N4O3. The number of anilines is 1. The Balaban J connectivity index is 1.82. The van der Waals surface area contributed by atoms with Crippen molar-refractivity contribution in [2.24, 2.45) is 0 Å². The van der Waals surface area contributed by atoms with Gasteiger partial charge in [-0.3, -0.25) is 4.79 Å². The predicted molar refractivity (Wildman–Crippen MR) is 96.5 cm³/mol. The van der Waals surface area contributed by atoms with Gasteiger partial charge in [0.1, 0.15) is 0 Å². The molecule has 0 bridgehead atoms. The fourth-order valence-electron chi connectivity index (χ4n) is 2.59. The normalized spacial score (nSPS) is 10.4. The molecule has 0 unspecified atom stereocenters. The fourth-order valence-corrected chi connectivity index (χ4v) is 2.59. The fraction of sp³-hybridized carbons (Fsp3) is 0.158. The summed E-state index contributed by atoms with van der Waals surface area (Å²) in [5.41, 5.74) is 2.25. The summed E-state index contributed by atoms with van der Waals surface area (Å²) in [4.78, 5) is 28.4. The van der Waals surface area contributed by atoms with E-state index in [0.717, 1.165) is 5.69 Å². The van der Waals surface area contributed by atoms with Gasteiger partial charge in [-0.05, 0) is 42.8 Å². The van der Waals surface area contributed by atoms with Crippen LogP contribution >= 0.6 is 0 Å². The van der Waals surface area contributed by atoms with Gasteiger partial charge in [-0.1, -0.05) is 13.0 Å². The highest BCUT2D eigenvalue weighted by Crippen LogP contribution is 2.17.